The van der Waals surface area contributed by atoms with E-state index in [4.69, 9.17) is 0 Å². The lowest BCUT2D eigenvalue weighted by molar-refractivity contribution is -0.133. The Hall–Kier alpha value is -2.22. The van der Waals surface area contributed by atoms with Crippen molar-refractivity contribution in [3.05, 3.63) is 27.1 Å². The van der Waals surface area contributed by atoms with Crippen molar-refractivity contribution in [2.75, 3.05) is 7.05 Å². The maximum absolute atomic E-state index is 12.7. The van der Waals surface area contributed by atoms with Crippen LogP contribution in [0, 0.1) is 6.92 Å². The predicted molar refractivity (Wildman–Crippen MR) is 95.2 cm³/mol. The smallest absolute Gasteiger partial charge is 0.346 e. The third-order valence-corrected chi connectivity index (χ3v) is 6.12. The molecular weight excluding hydrogens is 342 g/mol. The molecule has 0 bridgehead atoms. The molecule has 0 aromatic carbocycles. The van der Waals surface area contributed by atoms with Crippen LogP contribution in [-0.4, -0.2) is 44.5 Å². The minimum Gasteiger partial charge on any atom is -0.477 e. The van der Waals surface area contributed by atoms with Crippen LogP contribution in [0.25, 0.3) is 10.2 Å². The normalized spacial score (nSPS) is 15.4. The fourth-order valence-corrected chi connectivity index (χ4v) is 4.38. The lowest BCUT2D eigenvalue weighted by atomic mass is 9.94. The van der Waals surface area contributed by atoms with Crippen LogP contribution >= 0.6 is 11.3 Å². The molecule has 2 heterocycles. The number of thiophene rings is 1. The van der Waals surface area contributed by atoms with Crippen LogP contribution in [0.15, 0.2) is 11.1 Å². The first kappa shape index (κ1) is 17.6. The standard InChI is InChI=1S/C17H21N3O4S/c1-10-13-15(25-14(10)17(23)24)18-9-20(16(13)22)8-12(21)19(2)11-6-4-3-5-7-11/h9,11H,3-8H2,1-2H3,(H,23,24). The van der Waals surface area contributed by atoms with E-state index < -0.39 is 5.97 Å². The molecule has 0 unspecified atom stereocenters. The lowest BCUT2D eigenvalue weighted by Gasteiger charge is -2.31. The van der Waals surface area contributed by atoms with Gasteiger partial charge in [-0.2, -0.15) is 0 Å². The summed E-state index contributed by atoms with van der Waals surface area (Å²) in [5.74, 6) is -1.19. The Balaban J connectivity index is 1.87. The number of nitrogens with zero attached hydrogens (tertiary/aromatic N) is 3. The van der Waals surface area contributed by atoms with E-state index in [0.717, 1.165) is 37.0 Å². The zero-order valence-electron chi connectivity index (χ0n) is 14.3. The third-order valence-electron chi connectivity index (χ3n) is 4.93. The average molecular weight is 363 g/mol. The molecule has 7 nitrogen and oxygen atoms in total. The number of fused-ring (bicyclic) bond motifs is 1. The van der Waals surface area contributed by atoms with E-state index in [1.165, 1.54) is 17.3 Å². The van der Waals surface area contributed by atoms with Crippen LogP contribution in [0.2, 0.25) is 0 Å². The minimum atomic E-state index is -1.07. The quantitative estimate of drug-likeness (QED) is 0.899. The molecule has 0 aliphatic heterocycles. The summed E-state index contributed by atoms with van der Waals surface area (Å²) >= 11 is 0.983. The predicted octanol–water partition coefficient (Wildman–Crippen LogP) is 2.26. The van der Waals surface area contributed by atoms with Crippen LogP contribution in [0.4, 0.5) is 0 Å². The second-order valence-corrected chi connectivity index (χ2v) is 7.51. The van der Waals surface area contributed by atoms with Crippen LogP contribution < -0.4 is 5.56 Å². The summed E-state index contributed by atoms with van der Waals surface area (Å²) in [7, 11) is 1.79. The first-order chi connectivity index (χ1) is 11.9. The van der Waals surface area contributed by atoms with Gasteiger partial charge in [0.1, 0.15) is 16.3 Å². The summed E-state index contributed by atoms with van der Waals surface area (Å²) in [4.78, 5) is 42.9. The Kier molecular flexibility index (Phi) is 4.89. The molecule has 1 aliphatic carbocycles. The molecule has 0 saturated heterocycles. The fourth-order valence-electron chi connectivity index (χ4n) is 3.41. The second-order valence-electron chi connectivity index (χ2n) is 6.52. The van der Waals surface area contributed by atoms with Gasteiger partial charge in [-0.25, -0.2) is 9.78 Å². The molecule has 0 spiro atoms. The van der Waals surface area contributed by atoms with Gasteiger partial charge in [0, 0.05) is 13.1 Å². The van der Waals surface area contributed by atoms with Crippen molar-refractivity contribution >= 4 is 33.4 Å². The number of likely N-dealkylation sites (N-methyl/N-ethyl adjacent to an activating group) is 1. The van der Waals surface area contributed by atoms with Gasteiger partial charge in [-0.3, -0.25) is 14.2 Å². The first-order valence-corrected chi connectivity index (χ1v) is 9.19. The van der Waals surface area contributed by atoms with Crippen LogP contribution in [0.5, 0.6) is 0 Å². The van der Waals surface area contributed by atoms with Gasteiger partial charge in [-0.05, 0) is 25.3 Å². The minimum absolute atomic E-state index is 0.0769. The molecule has 2 aromatic rings. The van der Waals surface area contributed by atoms with Crippen molar-refractivity contribution in [2.24, 2.45) is 0 Å². The summed E-state index contributed by atoms with van der Waals surface area (Å²) in [5, 5.41) is 9.49. The highest BCUT2D eigenvalue weighted by atomic mass is 32.1. The van der Waals surface area contributed by atoms with Gasteiger partial charge in [0.15, 0.2) is 0 Å². The molecule has 8 heteroatoms. The van der Waals surface area contributed by atoms with E-state index in [1.54, 1.807) is 18.9 Å². The highest BCUT2D eigenvalue weighted by Gasteiger charge is 2.23. The monoisotopic (exact) mass is 363 g/mol. The number of hydrogen-bond acceptors (Lipinski definition) is 5. The molecule has 3 rings (SSSR count). The Labute approximate surface area is 148 Å². The topological polar surface area (TPSA) is 92.5 Å². The van der Waals surface area contributed by atoms with Gasteiger partial charge in [-0.1, -0.05) is 19.3 Å². The number of amides is 1. The van der Waals surface area contributed by atoms with E-state index in [0.29, 0.717) is 10.4 Å². The zero-order chi connectivity index (χ0) is 18.1. The van der Waals surface area contributed by atoms with E-state index in [1.807, 2.05) is 0 Å². The summed E-state index contributed by atoms with van der Waals surface area (Å²) in [6.45, 7) is 1.53. The van der Waals surface area contributed by atoms with Crippen molar-refractivity contribution in [3.63, 3.8) is 0 Å². The molecule has 0 atom stereocenters. The van der Waals surface area contributed by atoms with Gasteiger partial charge in [0.05, 0.1) is 11.7 Å². The zero-order valence-corrected chi connectivity index (χ0v) is 15.1. The number of rotatable bonds is 4. The van der Waals surface area contributed by atoms with Crippen molar-refractivity contribution < 1.29 is 14.7 Å². The number of aromatic nitrogens is 2. The molecule has 1 amide bonds. The van der Waals surface area contributed by atoms with Gasteiger partial charge >= 0.3 is 5.97 Å². The molecule has 1 aliphatic rings. The highest BCUT2D eigenvalue weighted by Crippen LogP contribution is 2.26. The van der Waals surface area contributed by atoms with Gasteiger partial charge in [-0.15, -0.1) is 11.3 Å². The second kappa shape index (κ2) is 6.95. The van der Waals surface area contributed by atoms with E-state index in [2.05, 4.69) is 4.98 Å². The number of carbonyl (C=O) groups excluding carboxylic acids is 1. The summed E-state index contributed by atoms with van der Waals surface area (Å²) in [6, 6.07) is 0.232. The lowest BCUT2D eigenvalue weighted by Crippen LogP contribution is -2.41. The number of carbonyl (C=O) groups is 2. The van der Waals surface area contributed by atoms with Crippen molar-refractivity contribution in [1.29, 1.82) is 0 Å². The molecule has 0 radical (unpaired) electrons. The Morgan fingerprint density at radius 3 is 2.68 bits per heavy atom. The van der Waals surface area contributed by atoms with Crippen LogP contribution in [0.1, 0.15) is 47.3 Å². The molecule has 134 valence electrons. The molecule has 25 heavy (non-hydrogen) atoms. The first-order valence-electron chi connectivity index (χ1n) is 8.37. The third kappa shape index (κ3) is 3.30. The van der Waals surface area contributed by atoms with E-state index >= 15 is 0 Å². The van der Waals surface area contributed by atoms with Gasteiger partial charge < -0.3 is 10.0 Å². The summed E-state index contributed by atoms with van der Waals surface area (Å²) in [5.41, 5.74) is 0.0454. The molecule has 1 N–H and O–H groups in total. The Morgan fingerprint density at radius 1 is 1.36 bits per heavy atom. The van der Waals surface area contributed by atoms with E-state index in [9.17, 15) is 19.5 Å². The van der Waals surface area contributed by atoms with Crippen molar-refractivity contribution in [2.45, 2.75) is 51.6 Å². The Bertz CT molecular complexity index is 880. The van der Waals surface area contributed by atoms with Crippen molar-refractivity contribution in [1.82, 2.24) is 14.5 Å². The molecule has 1 saturated carbocycles. The van der Waals surface area contributed by atoms with Gasteiger partial charge in [0.25, 0.3) is 5.56 Å². The number of hydrogen-bond donors (Lipinski definition) is 1. The average Bonchev–Trinajstić information content (AvgIpc) is 2.95. The fraction of sp³-hybridized carbons (Fsp3) is 0.529. The van der Waals surface area contributed by atoms with Crippen molar-refractivity contribution in [3.8, 4) is 0 Å². The van der Waals surface area contributed by atoms with Crippen LogP contribution in [-0.2, 0) is 11.3 Å². The molecule has 2 aromatic heterocycles. The SMILES string of the molecule is Cc1c(C(=O)O)sc2ncn(CC(=O)N(C)C3CCCCC3)c(=O)c12. The molecule has 1 fully saturated rings. The maximum Gasteiger partial charge on any atom is 0.346 e. The molecular formula is C17H21N3O4S. The van der Waals surface area contributed by atoms with E-state index in [-0.39, 0.29) is 34.3 Å². The number of aromatic carboxylic acids is 1. The summed E-state index contributed by atoms with van der Waals surface area (Å²) < 4.78 is 1.27. The Morgan fingerprint density at radius 2 is 2.04 bits per heavy atom. The highest BCUT2D eigenvalue weighted by molar-refractivity contribution is 7.20. The largest absolute Gasteiger partial charge is 0.477 e. The van der Waals surface area contributed by atoms with Crippen LogP contribution in [0.3, 0.4) is 0 Å². The number of aryl methyl sites for hydroxylation is 1. The number of carboxylic acid groups (broad SMARTS) is 1. The maximum atomic E-state index is 12.7. The van der Waals surface area contributed by atoms with Gasteiger partial charge in [0.2, 0.25) is 5.91 Å². The summed E-state index contributed by atoms with van der Waals surface area (Å²) in [6.07, 6.45) is 6.80. The number of carboxylic acids is 1.